The number of sulfonamides is 1. The van der Waals surface area contributed by atoms with Crippen LogP contribution in [0.5, 0.6) is 0 Å². The molecule has 0 rings (SSSR count). The Bertz CT molecular complexity index is 893. The minimum absolute atomic E-state index is 0.00463. The Morgan fingerprint density at radius 2 is 0.674 bits per heavy atom. The molecular formula is C25H64N4O14S3. The van der Waals surface area contributed by atoms with Gasteiger partial charge in [-0.1, -0.05) is 12.2 Å². The molecule has 0 unspecified atom stereocenters. The number of nitrogens with one attached hydrogen (secondary N) is 3. The Balaban J connectivity index is -0.0000000394. The lowest BCUT2D eigenvalue weighted by molar-refractivity contribution is -0.138. The summed E-state index contributed by atoms with van der Waals surface area (Å²) in [6.45, 7) is 9.67. The third kappa shape index (κ3) is 774. The first-order chi connectivity index (χ1) is 20.4. The van der Waals surface area contributed by atoms with E-state index in [4.69, 9.17) is 0 Å². The summed E-state index contributed by atoms with van der Waals surface area (Å²) in [5.41, 5.74) is 0. The van der Waals surface area contributed by atoms with E-state index < -0.39 is 30.0 Å². The van der Waals surface area contributed by atoms with Crippen molar-refractivity contribution in [2.45, 2.75) is 41.5 Å². The van der Waals surface area contributed by atoms with E-state index in [9.17, 15) is 44.4 Å². The summed E-state index contributed by atoms with van der Waals surface area (Å²) in [5.74, 6) is -0.481. The van der Waals surface area contributed by atoms with E-state index in [1.54, 1.807) is 28.3 Å². The number of amides is 2. The third-order valence-electron chi connectivity index (χ3n) is 1.92. The summed E-state index contributed by atoms with van der Waals surface area (Å²) in [4.78, 5) is 38.6. The van der Waals surface area contributed by atoms with Crippen molar-refractivity contribution in [3.8, 4) is 0 Å². The van der Waals surface area contributed by atoms with Gasteiger partial charge in [0.05, 0.1) is 33.8 Å². The van der Waals surface area contributed by atoms with Crippen LogP contribution in [0, 0.1) is 0 Å². The van der Waals surface area contributed by atoms with E-state index in [1.807, 2.05) is 40.1 Å². The molecule has 286 valence electrons. The van der Waals surface area contributed by atoms with E-state index in [-0.39, 0.29) is 23.8 Å². The number of carbonyl (C=O) groups is 4. The topological polar surface area (TPSA) is 270 Å². The Morgan fingerprint density at radius 3 is 0.674 bits per heavy atom. The third-order valence-corrected chi connectivity index (χ3v) is 2.52. The molecule has 0 aromatic rings. The standard InChI is InChI=1S/C4H8.2C3H7NO.2C3H6O2.C2H7N.C2H6O3S.C2H6O2S.C2H6O.CH5NO2S/c1-3-4-2;2*1-3(5)4-2;2*1-3(4)5-2;1-3-2;1-5-6(2,3)4;1-5(2,3)4;1-3-2;1-5(2,3)4/h3-4H,1-2H3;2*1-2H3,(H,4,5);2*1-2H3;3H,1-2H3;1-2H3;1-2H3;1-2H3;1H3,(H2,2,3,4)/b4-3-;;;;;;;;;. The number of ether oxygens (including phenoxy) is 3. The second-order valence-corrected chi connectivity index (χ2v) is 13.1. The molecule has 0 spiro atoms. The number of sulfone groups is 1. The van der Waals surface area contributed by atoms with Gasteiger partial charge < -0.3 is 30.2 Å². The fraction of sp³-hybridized carbons (Fsp3) is 0.760. The number of rotatable bonds is 1. The Morgan fingerprint density at radius 1 is 0.587 bits per heavy atom. The van der Waals surface area contributed by atoms with Crippen LogP contribution >= 0.6 is 0 Å². The second-order valence-electron chi connectivity index (χ2n) is 7.42. The largest absolute Gasteiger partial charge is 0.469 e. The molecule has 0 radical (unpaired) electrons. The van der Waals surface area contributed by atoms with Gasteiger partial charge in [-0.15, -0.1) is 0 Å². The number of esters is 2. The van der Waals surface area contributed by atoms with Crippen LogP contribution < -0.4 is 21.1 Å². The normalized spacial score (nSPS) is 8.61. The molecule has 5 N–H and O–H groups in total. The van der Waals surface area contributed by atoms with Crippen LogP contribution in [0.25, 0.3) is 0 Å². The Labute approximate surface area is 279 Å². The van der Waals surface area contributed by atoms with Gasteiger partial charge in [0.25, 0.3) is 10.1 Å². The number of carbonyl (C=O) groups excluding carboxylic acids is 4. The number of allylic oxidation sites excluding steroid dienone is 2. The van der Waals surface area contributed by atoms with Crippen molar-refractivity contribution in [1.29, 1.82) is 0 Å². The van der Waals surface area contributed by atoms with E-state index in [0.717, 1.165) is 32.1 Å². The summed E-state index contributed by atoms with van der Waals surface area (Å²) < 4.78 is 74.0. The molecule has 0 aliphatic carbocycles. The number of primary sulfonamides is 1. The van der Waals surface area contributed by atoms with Crippen LogP contribution in [0.1, 0.15) is 41.5 Å². The molecule has 0 aromatic carbocycles. The zero-order chi connectivity index (χ0) is 40.2. The monoisotopic (exact) mass is 740 g/mol. The number of methoxy groups -OCH3 is 3. The van der Waals surface area contributed by atoms with Crippen molar-refractivity contribution < 1.29 is 62.8 Å². The fourth-order valence-electron chi connectivity index (χ4n) is 0. The van der Waals surface area contributed by atoms with Gasteiger partial charge in [0.2, 0.25) is 21.8 Å². The van der Waals surface area contributed by atoms with Crippen LogP contribution in [-0.2, 0) is 67.6 Å². The molecule has 18 nitrogen and oxygen atoms in total. The molecule has 0 aromatic heterocycles. The first kappa shape index (κ1) is 69.9. The predicted octanol–water partition coefficient (Wildman–Crippen LogP) is -0.298. The van der Waals surface area contributed by atoms with E-state index in [0.29, 0.717) is 0 Å². The fourth-order valence-corrected chi connectivity index (χ4v) is 0. The average molecular weight is 741 g/mol. The molecule has 2 amide bonds. The number of nitrogens with two attached hydrogens (primary N) is 1. The molecule has 0 fully saturated rings. The zero-order valence-corrected chi connectivity index (χ0v) is 33.6. The highest BCUT2D eigenvalue weighted by Crippen LogP contribution is 1.76. The smallest absolute Gasteiger partial charge is 0.302 e. The SMILES string of the molecule is C/C=C\C.CNC.CNC(C)=O.CNC(C)=O.COC.COC(C)=O.COC(C)=O.COS(C)(=O)=O.CS(C)(=O)=O.CS(N)(=O)=O. The highest BCUT2D eigenvalue weighted by Gasteiger charge is 1.90. The van der Waals surface area contributed by atoms with Gasteiger partial charge in [-0.2, -0.15) is 8.42 Å². The van der Waals surface area contributed by atoms with Gasteiger partial charge in [-0.05, 0) is 27.9 Å². The van der Waals surface area contributed by atoms with Gasteiger partial charge in [0.15, 0.2) is 0 Å². The summed E-state index contributed by atoms with van der Waals surface area (Å²) >= 11 is 0. The lowest BCUT2D eigenvalue weighted by atomic mass is 10.6. The van der Waals surface area contributed by atoms with Crippen molar-refractivity contribution in [2.24, 2.45) is 5.14 Å². The lowest BCUT2D eigenvalue weighted by Gasteiger charge is -1.84. The molecule has 21 heteroatoms. The van der Waals surface area contributed by atoms with Crippen molar-refractivity contribution in [3.05, 3.63) is 12.2 Å². The predicted molar refractivity (Wildman–Crippen MR) is 185 cm³/mol. The minimum Gasteiger partial charge on any atom is -0.469 e. The Kier molecular flexibility index (Phi) is 83.2. The van der Waals surface area contributed by atoms with E-state index in [1.165, 1.54) is 41.9 Å². The summed E-state index contributed by atoms with van der Waals surface area (Å²) in [7, 11) is 5.02. The summed E-state index contributed by atoms with van der Waals surface area (Å²) in [5, 5.41) is 11.9. The van der Waals surface area contributed by atoms with Gasteiger partial charge in [-0.25, -0.2) is 22.0 Å². The molecule has 0 atom stereocenters. The highest BCUT2D eigenvalue weighted by atomic mass is 32.2. The summed E-state index contributed by atoms with van der Waals surface area (Å²) in [6, 6.07) is 0. The van der Waals surface area contributed by atoms with E-state index >= 15 is 0 Å². The average Bonchev–Trinajstić information content (AvgIpc) is 2.88. The van der Waals surface area contributed by atoms with Gasteiger partial charge >= 0.3 is 11.9 Å². The first-order valence-electron chi connectivity index (χ1n) is 12.3. The highest BCUT2D eigenvalue weighted by molar-refractivity contribution is 7.90. The number of hydrogen-bond donors (Lipinski definition) is 4. The molecule has 0 heterocycles. The van der Waals surface area contributed by atoms with Gasteiger partial charge in [-0.3, -0.25) is 23.4 Å². The van der Waals surface area contributed by atoms with Crippen LogP contribution in [0.3, 0.4) is 0 Å². The van der Waals surface area contributed by atoms with Crippen molar-refractivity contribution in [1.82, 2.24) is 16.0 Å². The van der Waals surface area contributed by atoms with Crippen molar-refractivity contribution in [3.63, 3.8) is 0 Å². The van der Waals surface area contributed by atoms with Gasteiger partial charge in [0, 0.05) is 68.5 Å². The maximum Gasteiger partial charge on any atom is 0.302 e. The molecule has 0 aliphatic rings. The summed E-state index contributed by atoms with van der Waals surface area (Å²) in [6.07, 6.45) is 8.25. The van der Waals surface area contributed by atoms with Gasteiger partial charge in [0.1, 0.15) is 9.84 Å². The lowest BCUT2D eigenvalue weighted by Crippen LogP contribution is -2.11. The Hall–Kier alpha value is -2.69. The first-order valence-corrected chi connectivity index (χ1v) is 18.4. The van der Waals surface area contributed by atoms with Crippen LogP contribution in [0.4, 0.5) is 0 Å². The van der Waals surface area contributed by atoms with E-state index in [2.05, 4.69) is 39.5 Å². The van der Waals surface area contributed by atoms with Crippen LogP contribution in [0.15, 0.2) is 12.2 Å². The second kappa shape index (κ2) is 54.8. The van der Waals surface area contributed by atoms with Crippen molar-refractivity contribution in [2.75, 3.05) is 88.8 Å². The molecular weight excluding hydrogens is 676 g/mol. The van der Waals surface area contributed by atoms with Crippen molar-refractivity contribution >= 4 is 53.7 Å². The van der Waals surface area contributed by atoms with Crippen LogP contribution in [0.2, 0.25) is 0 Å². The molecule has 0 bridgehead atoms. The maximum atomic E-state index is 9.78. The quantitative estimate of drug-likeness (QED) is 0.153. The number of hydrogen-bond acceptors (Lipinski definition) is 15. The van der Waals surface area contributed by atoms with Crippen LogP contribution in [-0.4, -0.2) is 138 Å². The molecule has 0 aliphatic heterocycles. The minimum atomic E-state index is -3.17. The maximum absolute atomic E-state index is 9.78. The molecule has 46 heavy (non-hydrogen) atoms. The molecule has 0 saturated heterocycles. The zero-order valence-electron chi connectivity index (χ0n) is 31.2. The molecule has 0 saturated carbocycles.